The lowest BCUT2D eigenvalue weighted by Crippen LogP contribution is -2.11. The number of aromatic nitrogens is 2. The fourth-order valence-electron chi connectivity index (χ4n) is 2.28. The van der Waals surface area contributed by atoms with Crippen molar-refractivity contribution in [1.82, 2.24) is 9.78 Å². The first kappa shape index (κ1) is 9.46. The van der Waals surface area contributed by atoms with Crippen molar-refractivity contribution >= 4 is 5.69 Å². The molecule has 1 N–H and O–H groups in total. The maximum absolute atomic E-state index is 4.20. The molecule has 0 aliphatic carbocycles. The third-order valence-electron chi connectivity index (χ3n) is 3.16. The van der Waals surface area contributed by atoms with Gasteiger partial charge in [-0.3, -0.25) is 4.68 Å². The second-order valence-corrected chi connectivity index (χ2v) is 4.24. The fourth-order valence-corrected chi connectivity index (χ4v) is 2.28. The third kappa shape index (κ3) is 1.48. The number of anilines is 1. The van der Waals surface area contributed by atoms with Crippen LogP contribution in [0.5, 0.6) is 0 Å². The van der Waals surface area contributed by atoms with Crippen molar-refractivity contribution in [1.29, 1.82) is 0 Å². The molecule has 0 bridgehead atoms. The number of rotatable bonds is 1. The van der Waals surface area contributed by atoms with E-state index in [1.54, 1.807) is 0 Å². The van der Waals surface area contributed by atoms with Crippen molar-refractivity contribution in [2.75, 3.05) is 11.9 Å². The molecule has 0 atom stereocenters. The highest BCUT2D eigenvalue weighted by Gasteiger charge is 2.10. The molecule has 0 spiro atoms. The summed E-state index contributed by atoms with van der Waals surface area (Å²) in [5, 5.41) is 7.66. The van der Waals surface area contributed by atoms with E-state index in [0.29, 0.717) is 0 Å². The molecule has 1 aromatic carbocycles. The lowest BCUT2D eigenvalue weighted by atomic mass is 10.0. The molecule has 2 aromatic rings. The van der Waals surface area contributed by atoms with Gasteiger partial charge in [0.2, 0.25) is 0 Å². The normalized spacial score (nSPS) is 14.3. The van der Waals surface area contributed by atoms with Crippen molar-refractivity contribution < 1.29 is 0 Å². The molecule has 82 valence electrons. The first-order valence-corrected chi connectivity index (χ1v) is 5.70. The number of fused-ring (bicyclic) bond motifs is 1. The summed E-state index contributed by atoms with van der Waals surface area (Å²) in [6, 6.07) is 8.68. The van der Waals surface area contributed by atoms with E-state index in [1.807, 2.05) is 24.0 Å². The van der Waals surface area contributed by atoms with Crippen LogP contribution < -0.4 is 5.32 Å². The van der Waals surface area contributed by atoms with Gasteiger partial charge in [-0.05, 0) is 30.5 Å². The number of nitrogens with one attached hydrogen (secondary N) is 1. The molecule has 16 heavy (non-hydrogen) atoms. The first-order chi connectivity index (χ1) is 7.84. The van der Waals surface area contributed by atoms with E-state index in [9.17, 15) is 0 Å². The van der Waals surface area contributed by atoms with E-state index in [2.05, 4.69) is 28.6 Å². The Morgan fingerprint density at radius 2 is 2.25 bits per heavy atom. The lowest BCUT2D eigenvalue weighted by Gasteiger charge is -2.18. The predicted octanol–water partition coefficient (Wildman–Crippen LogP) is 2.45. The molecule has 2 heterocycles. The van der Waals surface area contributed by atoms with Gasteiger partial charge in [-0.25, -0.2) is 0 Å². The zero-order valence-electron chi connectivity index (χ0n) is 9.40. The molecule has 0 radical (unpaired) electrons. The molecule has 0 unspecified atom stereocenters. The molecule has 0 saturated heterocycles. The Morgan fingerprint density at radius 3 is 3.06 bits per heavy atom. The van der Waals surface area contributed by atoms with Gasteiger partial charge in [0.1, 0.15) is 0 Å². The zero-order chi connectivity index (χ0) is 11.0. The number of aryl methyl sites for hydroxylation is 2. The average molecular weight is 213 g/mol. The second kappa shape index (κ2) is 3.67. The van der Waals surface area contributed by atoms with E-state index >= 15 is 0 Å². The molecule has 0 fully saturated rings. The molecular weight excluding hydrogens is 198 g/mol. The van der Waals surface area contributed by atoms with Crippen LogP contribution in [0.4, 0.5) is 5.69 Å². The second-order valence-electron chi connectivity index (χ2n) is 4.24. The van der Waals surface area contributed by atoms with Gasteiger partial charge in [0.15, 0.2) is 0 Å². The van der Waals surface area contributed by atoms with Gasteiger partial charge in [0, 0.05) is 31.0 Å². The smallest absolute Gasteiger partial charge is 0.0679 e. The van der Waals surface area contributed by atoms with E-state index in [0.717, 1.165) is 12.2 Å². The molecule has 3 heteroatoms. The Kier molecular flexibility index (Phi) is 2.17. The van der Waals surface area contributed by atoms with Crippen LogP contribution in [0.1, 0.15) is 12.0 Å². The quantitative estimate of drug-likeness (QED) is 0.788. The highest BCUT2D eigenvalue weighted by atomic mass is 15.3. The predicted molar refractivity (Wildman–Crippen MR) is 65.5 cm³/mol. The standard InChI is InChI=1S/C13H15N3/c1-16-13(6-8-15-16)11-5-4-10-3-2-7-14-12(10)9-11/h4-6,8-9,14H,2-3,7H2,1H3. The van der Waals surface area contributed by atoms with Crippen LogP contribution in [0.15, 0.2) is 30.5 Å². The van der Waals surface area contributed by atoms with Gasteiger partial charge in [0.25, 0.3) is 0 Å². The molecule has 0 amide bonds. The van der Waals surface area contributed by atoms with Crippen LogP contribution in [0.2, 0.25) is 0 Å². The summed E-state index contributed by atoms with van der Waals surface area (Å²) in [6.07, 6.45) is 4.26. The summed E-state index contributed by atoms with van der Waals surface area (Å²) in [5.41, 5.74) is 5.10. The van der Waals surface area contributed by atoms with E-state index in [1.165, 1.54) is 29.7 Å². The molecule has 1 aromatic heterocycles. The van der Waals surface area contributed by atoms with Crippen LogP contribution in [-0.4, -0.2) is 16.3 Å². The first-order valence-electron chi connectivity index (χ1n) is 5.70. The highest BCUT2D eigenvalue weighted by molar-refractivity contribution is 5.68. The largest absolute Gasteiger partial charge is 0.385 e. The van der Waals surface area contributed by atoms with Gasteiger partial charge < -0.3 is 5.32 Å². The maximum atomic E-state index is 4.20. The van der Waals surface area contributed by atoms with E-state index in [4.69, 9.17) is 0 Å². The number of hydrogen-bond acceptors (Lipinski definition) is 2. The van der Waals surface area contributed by atoms with E-state index < -0.39 is 0 Å². The summed E-state index contributed by atoms with van der Waals surface area (Å²) in [7, 11) is 1.97. The van der Waals surface area contributed by atoms with Crippen LogP contribution in [0.25, 0.3) is 11.3 Å². The summed E-state index contributed by atoms with van der Waals surface area (Å²) >= 11 is 0. The number of benzene rings is 1. The van der Waals surface area contributed by atoms with Crippen LogP contribution in [-0.2, 0) is 13.5 Å². The number of hydrogen-bond donors (Lipinski definition) is 1. The van der Waals surface area contributed by atoms with Gasteiger partial charge >= 0.3 is 0 Å². The van der Waals surface area contributed by atoms with Crippen molar-refractivity contribution in [2.24, 2.45) is 7.05 Å². The minimum Gasteiger partial charge on any atom is -0.385 e. The van der Waals surface area contributed by atoms with Crippen LogP contribution >= 0.6 is 0 Å². The molecule has 1 aliphatic heterocycles. The van der Waals surface area contributed by atoms with Gasteiger partial charge in [-0.2, -0.15) is 5.10 Å². The van der Waals surface area contributed by atoms with Crippen molar-refractivity contribution in [3.63, 3.8) is 0 Å². The molecule has 0 saturated carbocycles. The Bertz CT molecular complexity index is 514. The SMILES string of the molecule is Cn1nccc1-c1ccc2c(c1)NCCC2. The van der Waals surface area contributed by atoms with E-state index in [-0.39, 0.29) is 0 Å². The van der Waals surface area contributed by atoms with Crippen molar-refractivity contribution in [3.05, 3.63) is 36.0 Å². The Balaban J connectivity index is 2.06. The molecule has 3 nitrogen and oxygen atoms in total. The third-order valence-corrected chi connectivity index (χ3v) is 3.16. The van der Waals surface area contributed by atoms with Gasteiger partial charge in [-0.1, -0.05) is 12.1 Å². The van der Waals surface area contributed by atoms with Crippen LogP contribution in [0, 0.1) is 0 Å². The highest BCUT2D eigenvalue weighted by Crippen LogP contribution is 2.28. The minimum absolute atomic E-state index is 1.09. The number of nitrogens with zero attached hydrogens (tertiary/aromatic N) is 2. The summed E-state index contributed by atoms with van der Waals surface area (Å²) < 4.78 is 1.91. The van der Waals surface area contributed by atoms with Gasteiger partial charge in [-0.15, -0.1) is 0 Å². The zero-order valence-corrected chi connectivity index (χ0v) is 9.40. The monoisotopic (exact) mass is 213 g/mol. The average Bonchev–Trinajstić information content (AvgIpc) is 2.75. The summed E-state index contributed by atoms with van der Waals surface area (Å²) in [6.45, 7) is 1.09. The Hall–Kier alpha value is -1.77. The van der Waals surface area contributed by atoms with Gasteiger partial charge in [0.05, 0.1) is 5.69 Å². The van der Waals surface area contributed by atoms with Crippen LogP contribution in [0.3, 0.4) is 0 Å². The maximum Gasteiger partial charge on any atom is 0.0679 e. The lowest BCUT2D eigenvalue weighted by molar-refractivity contribution is 0.775. The topological polar surface area (TPSA) is 29.9 Å². The molecule has 3 rings (SSSR count). The van der Waals surface area contributed by atoms with Crippen molar-refractivity contribution in [2.45, 2.75) is 12.8 Å². The summed E-state index contributed by atoms with van der Waals surface area (Å²) in [5.74, 6) is 0. The summed E-state index contributed by atoms with van der Waals surface area (Å²) in [4.78, 5) is 0. The Labute approximate surface area is 95.1 Å². The fraction of sp³-hybridized carbons (Fsp3) is 0.308. The molecule has 1 aliphatic rings. The molecular formula is C13H15N3. The van der Waals surface area contributed by atoms with Crippen molar-refractivity contribution in [3.8, 4) is 11.3 Å². The Morgan fingerprint density at radius 1 is 1.31 bits per heavy atom. The minimum atomic E-state index is 1.09.